The van der Waals surface area contributed by atoms with Gasteiger partial charge in [-0.3, -0.25) is 9.29 Å². The number of nitrogens with one attached hydrogen (secondary N) is 1. The maximum atomic E-state index is 12.8. The van der Waals surface area contributed by atoms with E-state index in [1.165, 1.54) is 10.5 Å². The molecule has 0 spiro atoms. The second-order valence-corrected chi connectivity index (χ2v) is 5.43. The van der Waals surface area contributed by atoms with Crippen LogP contribution >= 0.6 is 11.8 Å². The van der Waals surface area contributed by atoms with E-state index in [1.807, 2.05) is 0 Å². The number of hydrogen-bond donors (Lipinski definition) is 1. The molecule has 0 amide bonds. The van der Waals surface area contributed by atoms with Crippen LogP contribution in [0.3, 0.4) is 0 Å². The summed E-state index contributed by atoms with van der Waals surface area (Å²) in [5.74, 6) is 0. The van der Waals surface area contributed by atoms with Crippen LogP contribution in [-0.2, 0) is 0 Å². The van der Waals surface area contributed by atoms with E-state index in [2.05, 4.69) is 40.7 Å². The molecule has 1 aromatic rings. The van der Waals surface area contributed by atoms with Crippen molar-refractivity contribution in [2.24, 2.45) is 0 Å². The van der Waals surface area contributed by atoms with Gasteiger partial charge in [0.2, 0.25) is 0 Å². The van der Waals surface area contributed by atoms with Crippen molar-refractivity contribution < 1.29 is 4.39 Å². The Kier molecular flexibility index (Phi) is 5.47. The largest absolute Gasteiger partial charge is 0.314 e. The van der Waals surface area contributed by atoms with Crippen molar-refractivity contribution in [3.05, 3.63) is 29.8 Å². The average Bonchev–Trinajstić information content (AvgIpc) is 2.46. The number of halogens is 1. The Morgan fingerprint density at radius 1 is 1.28 bits per heavy atom. The zero-order chi connectivity index (χ0) is 12.8. The van der Waals surface area contributed by atoms with Crippen LogP contribution in [-0.4, -0.2) is 44.0 Å². The predicted octanol–water partition coefficient (Wildman–Crippen LogP) is 2.71. The molecule has 0 unspecified atom stereocenters. The molecule has 0 bridgehead atoms. The van der Waals surface area contributed by atoms with Crippen molar-refractivity contribution in [2.75, 3.05) is 39.1 Å². The molecule has 1 saturated heterocycles. The first-order valence-electron chi connectivity index (χ1n) is 6.50. The summed E-state index contributed by atoms with van der Waals surface area (Å²) in [5.41, 5.74) is 1.24. The fraction of sp³-hybridized carbons (Fsp3) is 0.571. The number of alkyl halides is 1. The van der Waals surface area contributed by atoms with Gasteiger partial charge in [0.1, 0.15) is 0 Å². The first kappa shape index (κ1) is 13.8. The Morgan fingerprint density at radius 3 is 2.50 bits per heavy atom. The van der Waals surface area contributed by atoms with Crippen LogP contribution in [0.15, 0.2) is 29.2 Å². The summed E-state index contributed by atoms with van der Waals surface area (Å²) in [4.78, 5) is 3.66. The Bertz CT molecular complexity index is 349. The van der Waals surface area contributed by atoms with Crippen LogP contribution in [0.25, 0.3) is 0 Å². The normalized spacial score (nSPS) is 18.8. The Morgan fingerprint density at radius 2 is 1.94 bits per heavy atom. The molecular formula is C14H21FN2S. The van der Waals surface area contributed by atoms with Gasteiger partial charge in [-0.05, 0) is 30.4 Å². The maximum Gasteiger partial charge on any atom is 0.0912 e. The van der Waals surface area contributed by atoms with Gasteiger partial charge >= 0.3 is 0 Å². The molecule has 0 radical (unpaired) electrons. The molecule has 1 atom stereocenters. The second-order valence-electron chi connectivity index (χ2n) is 4.55. The highest BCUT2D eigenvalue weighted by Crippen LogP contribution is 2.26. The van der Waals surface area contributed by atoms with Crippen LogP contribution in [0.1, 0.15) is 18.0 Å². The van der Waals surface area contributed by atoms with E-state index in [4.69, 9.17) is 0 Å². The van der Waals surface area contributed by atoms with Gasteiger partial charge in [0.05, 0.1) is 6.67 Å². The van der Waals surface area contributed by atoms with E-state index >= 15 is 0 Å². The van der Waals surface area contributed by atoms with Crippen molar-refractivity contribution >= 4 is 11.8 Å². The van der Waals surface area contributed by atoms with Crippen LogP contribution in [0.2, 0.25) is 0 Å². The highest BCUT2D eigenvalue weighted by molar-refractivity contribution is 7.98. The molecule has 1 aliphatic rings. The monoisotopic (exact) mass is 268 g/mol. The van der Waals surface area contributed by atoms with E-state index in [0.717, 1.165) is 26.2 Å². The third kappa shape index (κ3) is 3.46. The van der Waals surface area contributed by atoms with Crippen molar-refractivity contribution in [3.8, 4) is 0 Å². The highest BCUT2D eigenvalue weighted by Gasteiger charge is 2.21. The Labute approximate surface area is 113 Å². The number of benzene rings is 1. The van der Waals surface area contributed by atoms with Crippen LogP contribution in [0, 0.1) is 0 Å². The van der Waals surface area contributed by atoms with Crippen molar-refractivity contribution in [2.45, 2.75) is 17.4 Å². The lowest BCUT2D eigenvalue weighted by atomic mass is 10.0. The maximum absolute atomic E-state index is 12.8. The standard InChI is InChI=1S/C14H21FN2S/c1-18-13-4-2-12(3-5-13)14(6-7-15)17-10-8-16-9-11-17/h2-5,14,16H,6-11H2,1H3/t14-/m0/s1. The highest BCUT2D eigenvalue weighted by atomic mass is 32.2. The minimum absolute atomic E-state index is 0.230. The SMILES string of the molecule is CSc1ccc([C@H](CCF)N2CCNCC2)cc1. The first-order chi connectivity index (χ1) is 8.85. The molecule has 0 aliphatic carbocycles. The number of rotatable bonds is 5. The van der Waals surface area contributed by atoms with Gasteiger partial charge in [0, 0.05) is 37.1 Å². The minimum atomic E-state index is -0.251. The summed E-state index contributed by atoms with van der Waals surface area (Å²) in [7, 11) is 0. The molecule has 1 aliphatic heterocycles. The lowest BCUT2D eigenvalue weighted by Crippen LogP contribution is -2.45. The molecule has 1 aromatic carbocycles. The van der Waals surface area contributed by atoms with Crippen LogP contribution in [0.4, 0.5) is 4.39 Å². The smallest absolute Gasteiger partial charge is 0.0912 e. The molecule has 2 nitrogen and oxygen atoms in total. The molecular weight excluding hydrogens is 247 g/mol. The molecule has 0 saturated carbocycles. The van der Waals surface area contributed by atoms with Gasteiger partial charge in [0.25, 0.3) is 0 Å². The third-order valence-electron chi connectivity index (χ3n) is 3.48. The summed E-state index contributed by atoms with van der Waals surface area (Å²) >= 11 is 1.74. The van der Waals surface area contributed by atoms with E-state index in [0.29, 0.717) is 6.42 Å². The molecule has 2 rings (SSSR count). The molecule has 1 N–H and O–H groups in total. The lowest BCUT2D eigenvalue weighted by molar-refractivity contribution is 0.157. The lowest BCUT2D eigenvalue weighted by Gasteiger charge is -2.35. The molecule has 1 heterocycles. The molecule has 0 aromatic heterocycles. The average molecular weight is 268 g/mol. The van der Waals surface area contributed by atoms with Crippen molar-refractivity contribution in [1.29, 1.82) is 0 Å². The van der Waals surface area contributed by atoms with Crippen LogP contribution < -0.4 is 5.32 Å². The van der Waals surface area contributed by atoms with Gasteiger partial charge < -0.3 is 5.32 Å². The summed E-state index contributed by atoms with van der Waals surface area (Å²) in [6, 6.07) is 8.79. The number of piperazine rings is 1. The van der Waals surface area contributed by atoms with E-state index in [1.54, 1.807) is 11.8 Å². The van der Waals surface area contributed by atoms with Crippen molar-refractivity contribution in [3.63, 3.8) is 0 Å². The fourth-order valence-electron chi connectivity index (χ4n) is 2.48. The van der Waals surface area contributed by atoms with Gasteiger partial charge in [-0.1, -0.05) is 12.1 Å². The Hall–Kier alpha value is -0.580. The van der Waals surface area contributed by atoms with Gasteiger partial charge in [0.15, 0.2) is 0 Å². The zero-order valence-corrected chi connectivity index (χ0v) is 11.7. The number of nitrogens with zero attached hydrogens (tertiary/aromatic N) is 1. The molecule has 1 fully saturated rings. The minimum Gasteiger partial charge on any atom is -0.314 e. The van der Waals surface area contributed by atoms with E-state index in [-0.39, 0.29) is 12.7 Å². The second kappa shape index (κ2) is 7.12. The fourth-order valence-corrected chi connectivity index (χ4v) is 2.89. The third-order valence-corrected chi connectivity index (χ3v) is 4.22. The van der Waals surface area contributed by atoms with Gasteiger partial charge in [-0.15, -0.1) is 11.8 Å². The number of thioether (sulfide) groups is 1. The summed E-state index contributed by atoms with van der Waals surface area (Å²) in [6.45, 7) is 3.78. The topological polar surface area (TPSA) is 15.3 Å². The molecule has 18 heavy (non-hydrogen) atoms. The summed E-state index contributed by atoms with van der Waals surface area (Å²) in [6.07, 6.45) is 2.67. The van der Waals surface area contributed by atoms with E-state index in [9.17, 15) is 4.39 Å². The van der Waals surface area contributed by atoms with Gasteiger partial charge in [-0.25, -0.2) is 0 Å². The molecule has 4 heteroatoms. The number of hydrogen-bond acceptors (Lipinski definition) is 3. The van der Waals surface area contributed by atoms with Crippen LogP contribution in [0.5, 0.6) is 0 Å². The van der Waals surface area contributed by atoms with E-state index < -0.39 is 0 Å². The summed E-state index contributed by atoms with van der Waals surface area (Å²) < 4.78 is 12.8. The first-order valence-corrected chi connectivity index (χ1v) is 7.72. The van der Waals surface area contributed by atoms with Gasteiger partial charge in [-0.2, -0.15) is 0 Å². The zero-order valence-electron chi connectivity index (χ0n) is 10.9. The predicted molar refractivity (Wildman–Crippen MR) is 76.0 cm³/mol. The van der Waals surface area contributed by atoms with Crippen molar-refractivity contribution in [1.82, 2.24) is 10.2 Å². The quantitative estimate of drug-likeness (QED) is 0.827. The molecule has 100 valence electrons. The Balaban J connectivity index is 2.11. The summed E-state index contributed by atoms with van der Waals surface area (Å²) in [5, 5.41) is 3.34.